The lowest BCUT2D eigenvalue weighted by molar-refractivity contribution is -0.107. The number of carbonyl (C=O) groups is 1. The number of imidazole rings is 2. The number of H-pyrrole nitrogens is 1. The Morgan fingerprint density at radius 1 is 0.560 bits per heavy atom. The summed E-state index contributed by atoms with van der Waals surface area (Å²) in [5.74, 6) is 2.15. The summed E-state index contributed by atoms with van der Waals surface area (Å²) in [4.78, 5) is 35.0. The van der Waals surface area contributed by atoms with Gasteiger partial charge in [-0.05, 0) is 221 Å². The second-order valence-electron chi connectivity index (χ2n) is 23.4. The van der Waals surface area contributed by atoms with Gasteiger partial charge in [-0.2, -0.15) is 0 Å². The minimum Gasteiger partial charge on any atom is -0.348 e. The molecule has 5 aromatic carbocycles. The molecule has 2 atom stereocenters. The van der Waals surface area contributed by atoms with Crippen LogP contribution in [0, 0.1) is 11.8 Å². The fraction of sp³-hybridized carbons (Fsp3) is 0.356. The number of nitrogens with one attached hydrogen (secondary N) is 2. The van der Waals surface area contributed by atoms with Crippen molar-refractivity contribution >= 4 is 29.5 Å². The number of aromatic nitrogens is 6. The Labute approximate surface area is 507 Å². The summed E-state index contributed by atoms with van der Waals surface area (Å²) >= 11 is 12.6. The minimum absolute atomic E-state index is 0.400. The number of pyridine rings is 2. The Morgan fingerprint density at radius 2 is 1.10 bits per heavy atom. The van der Waals surface area contributed by atoms with Gasteiger partial charge < -0.3 is 24.6 Å². The molecule has 0 radical (unpaired) electrons. The monoisotopic (exact) mass is 1150 g/mol. The first-order valence-corrected chi connectivity index (χ1v) is 31.7. The first-order valence-electron chi connectivity index (χ1n) is 30.9. The van der Waals surface area contributed by atoms with Gasteiger partial charge in [-0.15, -0.1) is 0 Å². The van der Waals surface area contributed by atoms with Gasteiger partial charge in [-0.1, -0.05) is 145 Å². The molecule has 2 aliphatic carbocycles. The van der Waals surface area contributed by atoms with Gasteiger partial charge in [0.25, 0.3) is 0 Å². The normalized spacial score (nSPS) is 17.1. The maximum atomic E-state index is 10.6. The summed E-state index contributed by atoms with van der Waals surface area (Å²) in [6, 6.07) is 53.5. The summed E-state index contributed by atoms with van der Waals surface area (Å²) in [6.07, 6.45) is 30.2. The third kappa shape index (κ3) is 14.0. The predicted octanol–water partition coefficient (Wildman–Crippen LogP) is 15.4. The second-order valence-corrected chi connectivity index (χ2v) is 24.3. The highest BCUT2D eigenvalue weighted by molar-refractivity contribution is 6.31. The molecule has 2 aliphatic heterocycles. The van der Waals surface area contributed by atoms with E-state index in [1.165, 1.54) is 132 Å². The molecule has 13 rings (SSSR count). The summed E-state index contributed by atoms with van der Waals surface area (Å²) in [6.45, 7) is 5.86. The van der Waals surface area contributed by atoms with E-state index in [4.69, 9.17) is 38.2 Å². The van der Waals surface area contributed by atoms with Crippen LogP contribution in [0.25, 0.3) is 0 Å². The smallest absolute Gasteiger partial charge is 0.121 e. The lowest BCUT2D eigenvalue weighted by Crippen LogP contribution is -2.36. The van der Waals surface area contributed by atoms with Crippen molar-refractivity contribution < 1.29 is 4.79 Å². The van der Waals surface area contributed by atoms with Crippen LogP contribution in [-0.4, -0.2) is 73.4 Å². The number of halogens is 2. The lowest BCUT2D eigenvalue weighted by Gasteiger charge is -2.37. The zero-order valence-corrected chi connectivity index (χ0v) is 50.0. The van der Waals surface area contributed by atoms with Gasteiger partial charge in [0.05, 0.1) is 29.7 Å². The van der Waals surface area contributed by atoms with Crippen LogP contribution in [0.4, 0.5) is 0 Å². The van der Waals surface area contributed by atoms with E-state index in [9.17, 15) is 4.79 Å². The fourth-order valence-corrected chi connectivity index (χ4v) is 14.4. The van der Waals surface area contributed by atoms with Crippen LogP contribution in [-0.2, 0) is 48.9 Å². The van der Waals surface area contributed by atoms with Gasteiger partial charge in [0, 0.05) is 58.8 Å². The molecule has 0 bridgehead atoms. The first-order chi connectivity index (χ1) is 41.5. The number of carbonyl (C=O) groups excluding carboxylic acids is 1. The number of fused-ring (bicyclic) bond motifs is 4. The Kier molecular flexibility index (Phi) is 20.4. The molecule has 2 unspecified atom stereocenters. The first kappa shape index (κ1) is 58.8. The Hall–Kier alpha value is -7.01. The number of piperidine rings is 2. The SMILES string of the molecule is Clc1ccc2c(c1)CCc1cccnc1C2C1CCN(CCCCCc2cnc[nH]2)CC1.Clc1ccc2c(c1)CCc1cccnc1C2C1CCNCC1.O=CCCCCc1cn(C(c2ccccc2)(c2ccccc2)c2ccccc2)cn1. The molecule has 84 heavy (non-hydrogen) atoms. The molecule has 2 fully saturated rings. The highest BCUT2D eigenvalue weighted by atomic mass is 35.5. The van der Waals surface area contributed by atoms with Gasteiger partial charge in [0.1, 0.15) is 11.8 Å². The minimum atomic E-state index is -0.516. The highest BCUT2D eigenvalue weighted by Gasteiger charge is 2.39. The van der Waals surface area contributed by atoms with Crippen molar-refractivity contribution in [1.29, 1.82) is 0 Å². The highest BCUT2D eigenvalue weighted by Crippen LogP contribution is 2.45. The molecule has 432 valence electrons. The van der Waals surface area contributed by atoms with Gasteiger partial charge in [-0.25, -0.2) is 9.97 Å². The third-order valence-corrected chi connectivity index (χ3v) is 18.7. The van der Waals surface area contributed by atoms with Gasteiger partial charge in [0.2, 0.25) is 0 Å². The average Bonchev–Trinajstić information content (AvgIpc) is 2.36. The Morgan fingerprint density at radius 3 is 1.63 bits per heavy atom. The molecule has 0 spiro atoms. The van der Waals surface area contributed by atoms with E-state index in [1.54, 1.807) is 6.33 Å². The standard InChI is InChI=1S/C27H33ClN4.C27H26N2O.C19H21ClN2/c28-23-9-10-25-22(17-23)8-7-21-5-4-13-30-27(21)26(25)20-11-15-32(16-12-20)14-3-1-2-6-24-18-29-19-31-24;30-20-12-4-11-19-26-21-29(22-28-26)27(23-13-5-1-6-14-23,24-15-7-2-8-16-24)25-17-9-3-10-18-25;20-16-5-6-17-15(12-16)4-3-14-2-1-9-22-19(14)18(17)13-7-10-21-11-8-13/h4-5,9-10,13,17-20,26H,1-3,6-8,11-12,14-16H2,(H,29,31);1-3,5-10,13-18,20-22H,4,11-12,19H2;1-2,5-6,9,12-13,18,21H,3-4,7-8,10-11H2. The Bertz CT molecular complexity index is 3370. The predicted molar refractivity (Wildman–Crippen MR) is 341 cm³/mol. The fourth-order valence-electron chi connectivity index (χ4n) is 14.0. The van der Waals surface area contributed by atoms with Crippen molar-refractivity contribution in [2.24, 2.45) is 11.8 Å². The van der Waals surface area contributed by atoms with E-state index in [-0.39, 0.29) is 0 Å². The van der Waals surface area contributed by atoms with Crippen LogP contribution in [0.15, 0.2) is 189 Å². The molecule has 4 aromatic heterocycles. The number of aromatic amines is 1. The van der Waals surface area contributed by atoms with Gasteiger partial charge in [0.15, 0.2) is 0 Å². The van der Waals surface area contributed by atoms with Crippen molar-refractivity contribution in [3.05, 3.63) is 272 Å². The van der Waals surface area contributed by atoms with Crippen LogP contribution in [0.1, 0.15) is 149 Å². The number of aryl methyl sites for hydroxylation is 6. The molecule has 0 saturated carbocycles. The van der Waals surface area contributed by atoms with Crippen LogP contribution >= 0.6 is 23.2 Å². The summed E-state index contributed by atoms with van der Waals surface area (Å²) in [7, 11) is 0. The number of rotatable bonds is 17. The second kappa shape index (κ2) is 29.2. The zero-order valence-electron chi connectivity index (χ0n) is 48.5. The maximum absolute atomic E-state index is 10.6. The number of hydrogen-bond donors (Lipinski definition) is 2. The quantitative estimate of drug-likeness (QED) is 0.0532. The molecular formula is C73H80Cl2N8O. The van der Waals surface area contributed by atoms with Crippen LogP contribution < -0.4 is 5.32 Å². The average molecular weight is 1160 g/mol. The molecule has 2 saturated heterocycles. The van der Waals surface area contributed by atoms with Crippen LogP contribution in [0.5, 0.6) is 0 Å². The van der Waals surface area contributed by atoms with E-state index in [2.05, 4.69) is 177 Å². The third-order valence-electron chi connectivity index (χ3n) is 18.2. The van der Waals surface area contributed by atoms with Gasteiger partial charge in [-0.3, -0.25) is 9.97 Å². The molecule has 9 nitrogen and oxygen atoms in total. The van der Waals surface area contributed by atoms with E-state index >= 15 is 0 Å². The van der Waals surface area contributed by atoms with Crippen molar-refractivity contribution in [1.82, 2.24) is 39.7 Å². The number of hydrogen-bond acceptors (Lipinski definition) is 7. The van der Waals surface area contributed by atoms with E-state index in [1.807, 2.05) is 31.0 Å². The molecule has 9 aromatic rings. The zero-order chi connectivity index (χ0) is 57.3. The number of likely N-dealkylation sites (tertiary alicyclic amines) is 1. The molecule has 6 heterocycles. The molecule has 11 heteroatoms. The lowest BCUT2D eigenvalue weighted by atomic mass is 9.76. The number of unbranched alkanes of at least 4 members (excludes halogenated alkanes) is 4. The number of aldehydes is 1. The van der Waals surface area contributed by atoms with E-state index in [0.29, 0.717) is 30.1 Å². The van der Waals surface area contributed by atoms with E-state index < -0.39 is 5.54 Å². The van der Waals surface area contributed by atoms with Crippen molar-refractivity contribution in [2.75, 3.05) is 32.7 Å². The van der Waals surface area contributed by atoms with Crippen molar-refractivity contribution in [3.8, 4) is 0 Å². The summed E-state index contributed by atoms with van der Waals surface area (Å²) < 4.78 is 2.24. The van der Waals surface area contributed by atoms with E-state index in [0.717, 1.165) is 86.5 Å². The topological polar surface area (TPSA) is 105 Å². The summed E-state index contributed by atoms with van der Waals surface area (Å²) in [5, 5.41) is 5.18. The Balaban J connectivity index is 0.000000134. The number of benzene rings is 5. The largest absolute Gasteiger partial charge is 0.348 e. The number of nitrogens with zero attached hydrogens (tertiary/aromatic N) is 6. The van der Waals surface area contributed by atoms with Crippen molar-refractivity contribution in [3.63, 3.8) is 0 Å². The summed E-state index contributed by atoms with van der Waals surface area (Å²) in [5.41, 5.74) is 16.5. The van der Waals surface area contributed by atoms with Crippen LogP contribution in [0.3, 0.4) is 0 Å². The maximum Gasteiger partial charge on any atom is 0.121 e. The van der Waals surface area contributed by atoms with Gasteiger partial charge >= 0.3 is 0 Å². The molecule has 4 aliphatic rings. The molecule has 2 N–H and O–H groups in total. The molecule has 0 amide bonds. The van der Waals surface area contributed by atoms with Crippen LogP contribution in [0.2, 0.25) is 10.0 Å². The van der Waals surface area contributed by atoms with Crippen molar-refractivity contribution in [2.45, 2.75) is 120 Å². The molecular weight excluding hydrogens is 1080 g/mol.